The standard InChI is InChI=1S/C20H21FN4O/c21-17-5-3-15(4-6-17)16-9-18-20(23-26-22-18)19(10-16)25-12-14(13-25)11-24-7-1-2-8-24/h3-6,9-10,14H,1-2,7-8,11-13H2. The van der Waals surface area contributed by atoms with Crippen molar-refractivity contribution in [2.45, 2.75) is 12.8 Å². The summed E-state index contributed by atoms with van der Waals surface area (Å²) in [7, 11) is 0. The Kier molecular flexibility index (Phi) is 3.85. The highest BCUT2D eigenvalue weighted by atomic mass is 19.1. The highest BCUT2D eigenvalue weighted by molar-refractivity contribution is 5.93. The van der Waals surface area contributed by atoms with Gasteiger partial charge in [0.1, 0.15) is 11.3 Å². The molecule has 2 fully saturated rings. The number of aromatic nitrogens is 2. The summed E-state index contributed by atoms with van der Waals surface area (Å²) >= 11 is 0. The molecule has 2 aromatic carbocycles. The minimum absolute atomic E-state index is 0.231. The minimum Gasteiger partial charge on any atom is -0.369 e. The van der Waals surface area contributed by atoms with Crippen molar-refractivity contribution in [3.8, 4) is 11.1 Å². The van der Waals surface area contributed by atoms with Crippen LogP contribution in [0.25, 0.3) is 22.2 Å². The van der Waals surface area contributed by atoms with E-state index in [1.165, 1.54) is 44.6 Å². The number of anilines is 1. The van der Waals surface area contributed by atoms with Gasteiger partial charge in [-0.25, -0.2) is 9.02 Å². The number of benzene rings is 2. The van der Waals surface area contributed by atoms with Crippen LogP contribution < -0.4 is 4.90 Å². The van der Waals surface area contributed by atoms with Crippen LogP contribution in [0.3, 0.4) is 0 Å². The molecule has 3 aromatic rings. The number of likely N-dealkylation sites (tertiary alicyclic amines) is 1. The molecule has 2 aliphatic rings. The van der Waals surface area contributed by atoms with E-state index < -0.39 is 0 Å². The van der Waals surface area contributed by atoms with Crippen LogP contribution in [0.2, 0.25) is 0 Å². The molecule has 0 atom stereocenters. The van der Waals surface area contributed by atoms with Crippen LogP contribution in [-0.4, -0.2) is 47.9 Å². The zero-order valence-corrected chi connectivity index (χ0v) is 14.6. The molecular formula is C20H21FN4O. The average Bonchev–Trinajstić information content (AvgIpc) is 3.29. The molecular weight excluding hydrogens is 331 g/mol. The Morgan fingerprint density at radius 3 is 2.54 bits per heavy atom. The fraction of sp³-hybridized carbons (Fsp3) is 0.400. The van der Waals surface area contributed by atoms with E-state index in [4.69, 9.17) is 4.63 Å². The molecule has 5 nitrogen and oxygen atoms in total. The Balaban J connectivity index is 1.40. The molecule has 3 heterocycles. The second kappa shape index (κ2) is 6.36. The van der Waals surface area contributed by atoms with Crippen LogP contribution in [-0.2, 0) is 0 Å². The van der Waals surface area contributed by atoms with Gasteiger partial charge in [-0.15, -0.1) is 0 Å². The van der Waals surface area contributed by atoms with E-state index >= 15 is 0 Å². The lowest BCUT2D eigenvalue weighted by atomic mass is 9.96. The van der Waals surface area contributed by atoms with Crippen LogP contribution in [0.5, 0.6) is 0 Å². The van der Waals surface area contributed by atoms with Gasteiger partial charge in [-0.05, 0) is 71.6 Å². The fourth-order valence-corrected chi connectivity index (χ4v) is 4.13. The molecule has 0 spiro atoms. The van der Waals surface area contributed by atoms with Crippen molar-refractivity contribution in [2.24, 2.45) is 5.92 Å². The third-order valence-corrected chi connectivity index (χ3v) is 5.53. The quantitative estimate of drug-likeness (QED) is 0.718. The third kappa shape index (κ3) is 2.84. The SMILES string of the molecule is Fc1ccc(-c2cc(N3CC(CN4CCCC4)C3)c3nonc3c2)cc1. The summed E-state index contributed by atoms with van der Waals surface area (Å²) in [5.41, 5.74) is 4.57. The van der Waals surface area contributed by atoms with Gasteiger partial charge in [-0.3, -0.25) is 0 Å². The lowest BCUT2D eigenvalue weighted by Crippen LogP contribution is -2.51. The largest absolute Gasteiger partial charge is 0.369 e. The summed E-state index contributed by atoms with van der Waals surface area (Å²) in [6, 6.07) is 10.6. The number of rotatable bonds is 4. The van der Waals surface area contributed by atoms with Crippen LogP contribution in [0.4, 0.5) is 10.1 Å². The van der Waals surface area contributed by atoms with Gasteiger partial charge >= 0.3 is 0 Å². The van der Waals surface area contributed by atoms with Gasteiger partial charge in [0.2, 0.25) is 0 Å². The maximum Gasteiger partial charge on any atom is 0.158 e. The highest BCUT2D eigenvalue weighted by Crippen LogP contribution is 2.35. The van der Waals surface area contributed by atoms with E-state index in [0.717, 1.165) is 40.9 Å². The minimum atomic E-state index is -0.231. The Bertz CT molecular complexity index is 911. The second-order valence-electron chi connectivity index (χ2n) is 7.41. The summed E-state index contributed by atoms with van der Waals surface area (Å²) in [5, 5.41) is 8.13. The van der Waals surface area contributed by atoms with Crippen molar-refractivity contribution < 1.29 is 9.02 Å². The first-order chi connectivity index (χ1) is 12.8. The summed E-state index contributed by atoms with van der Waals surface area (Å²) in [6.45, 7) is 5.74. The molecule has 0 unspecified atom stereocenters. The van der Waals surface area contributed by atoms with Crippen molar-refractivity contribution in [3.05, 3.63) is 42.2 Å². The maximum absolute atomic E-state index is 13.2. The first-order valence-electron chi connectivity index (χ1n) is 9.26. The lowest BCUT2D eigenvalue weighted by molar-refractivity contribution is 0.247. The fourth-order valence-electron chi connectivity index (χ4n) is 4.13. The molecule has 6 heteroatoms. The highest BCUT2D eigenvalue weighted by Gasteiger charge is 2.31. The Morgan fingerprint density at radius 1 is 1.00 bits per heavy atom. The molecule has 0 saturated carbocycles. The van der Waals surface area contributed by atoms with Crippen LogP contribution in [0.15, 0.2) is 41.0 Å². The van der Waals surface area contributed by atoms with Crippen LogP contribution in [0, 0.1) is 11.7 Å². The van der Waals surface area contributed by atoms with Gasteiger partial charge in [0, 0.05) is 25.6 Å². The summed E-state index contributed by atoms with van der Waals surface area (Å²) < 4.78 is 18.2. The van der Waals surface area contributed by atoms with E-state index in [1.807, 2.05) is 6.07 Å². The first-order valence-corrected chi connectivity index (χ1v) is 9.26. The number of hydrogen-bond acceptors (Lipinski definition) is 5. The van der Waals surface area contributed by atoms with E-state index in [9.17, 15) is 4.39 Å². The Labute approximate surface area is 151 Å². The molecule has 0 radical (unpaired) electrons. The van der Waals surface area contributed by atoms with E-state index in [0.29, 0.717) is 5.92 Å². The molecule has 26 heavy (non-hydrogen) atoms. The van der Waals surface area contributed by atoms with Gasteiger partial charge in [0.25, 0.3) is 0 Å². The Morgan fingerprint density at radius 2 is 1.77 bits per heavy atom. The van der Waals surface area contributed by atoms with Gasteiger partial charge in [-0.1, -0.05) is 12.1 Å². The molecule has 1 aromatic heterocycles. The summed E-state index contributed by atoms with van der Waals surface area (Å²) in [5.74, 6) is 0.475. The lowest BCUT2D eigenvalue weighted by Gasteiger charge is -2.42. The normalized spacial score (nSPS) is 18.6. The molecule has 0 amide bonds. The van der Waals surface area contributed by atoms with Gasteiger partial charge in [0.05, 0.1) is 5.69 Å². The van der Waals surface area contributed by atoms with E-state index in [-0.39, 0.29) is 5.82 Å². The Hall–Kier alpha value is -2.47. The zero-order chi connectivity index (χ0) is 17.5. The molecule has 2 aliphatic heterocycles. The van der Waals surface area contributed by atoms with Crippen molar-refractivity contribution >= 4 is 16.7 Å². The summed E-state index contributed by atoms with van der Waals surface area (Å²) in [6.07, 6.45) is 2.67. The number of halogens is 1. The van der Waals surface area contributed by atoms with E-state index in [2.05, 4.69) is 26.2 Å². The predicted molar refractivity (Wildman–Crippen MR) is 98.6 cm³/mol. The molecule has 0 N–H and O–H groups in total. The van der Waals surface area contributed by atoms with Crippen LogP contribution >= 0.6 is 0 Å². The van der Waals surface area contributed by atoms with E-state index in [1.54, 1.807) is 12.1 Å². The second-order valence-corrected chi connectivity index (χ2v) is 7.41. The van der Waals surface area contributed by atoms with Crippen molar-refractivity contribution in [2.75, 3.05) is 37.6 Å². The number of hydrogen-bond donors (Lipinski definition) is 0. The van der Waals surface area contributed by atoms with Crippen molar-refractivity contribution in [1.29, 1.82) is 0 Å². The average molecular weight is 352 g/mol. The maximum atomic E-state index is 13.2. The molecule has 0 aliphatic carbocycles. The van der Waals surface area contributed by atoms with Gasteiger partial charge in [-0.2, -0.15) is 0 Å². The van der Waals surface area contributed by atoms with Gasteiger partial charge < -0.3 is 9.80 Å². The monoisotopic (exact) mass is 352 g/mol. The number of fused-ring (bicyclic) bond motifs is 1. The molecule has 5 rings (SSSR count). The zero-order valence-electron chi connectivity index (χ0n) is 14.6. The third-order valence-electron chi connectivity index (χ3n) is 5.53. The summed E-state index contributed by atoms with van der Waals surface area (Å²) in [4.78, 5) is 4.92. The first kappa shape index (κ1) is 15.8. The van der Waals surface area contributed by atoms with Crippen molar-refractivity contribution in [1.82, 2.24) is 15.2 Å². The van der Waals surface area contributed by atoms with Gasteiger partial charge in [0.15, 0.2) is 5.52 Å². The number of nitrogens with zero attached hydrogens (tertiary/aromatic N) is 4. The topological polar surface area (TPSA) is 45.4 Å². The van der Waals surface area contributed by atoms with Crippen molar-refractivity contribution in [3.63, 3.8) is 0 Å². The molecule has 2 saturated heterocycles. The molecule has 0 bridgehead atoms. The predicted octanol–water partition coefficient (Wildman–Crippen LogP) is 3.56. The smallest absolute Gasteiger partial charge is 0.158 e. The van der Waals surface area contributed by atoms with Crippen LogP contribution in [0.1, 0.15) is 12.8 Å². The molecule has 134 valence electrons.